The molecule has 6 heteroatoms. The number of hydrogen-bond donors (Lipinski definition) is 4. The minimum Gasteiger partial charge on any atom is -0.395 e. The highest BCUT2D eigenvalue weighted by Crippen LogP contribution is 2.19. The van der Waals surface area contributed by atoms with Crippen LogP contribution in [0, 0.1) is 0 Å². The van der Waals surface area contributed by atoms with Gasteiger partial charge in [0.1, 0.15) is 0 Å². The van der Waals surface area contributed by atoms with Gasteiger partial charge in [0.05, 0.1) is 26.4 Å². The number of aliphatic hydroxyl groups is 4. The van der Waals surface area contributed by atoms with Gasteiger partial charge in [-0.15, -0.1) is 0 Å². The third-order valence-electron chi connectivity index (χ3n) is 4.46. The van der Waals surface area contributed by atoms with Gasteiger partial charge in [-0.2, -0.15) is 0 Å². The average Bonchev–Trinajstić information content (AvgIpc) is 2.73. The van der Waals surface area contributed by atoms with E-state index in [1.165, 1.54) is 0 Å². The molecule has 28 heavy (non-hydrogen) atoms. The number of hydrogen-bond acceptors (Lipinski definition) is 6. The summed E-state index contributed by atoms with van der Waals surface area (Å²) in [5.41, 5.74) is 4.06. The van der Waals surface area contributed by atoms with Crippen molar-refractivity contribution in [2.24, 2.45) is 0 Å². The fourth-order valence-electron chi connectivity index (χ4n) is 3.01. The first-order chi connectivity index (χ1) is 13.7. The summed E-state index contributed by atoms with van der Waals surface area (Å²) in [6, 6.07) is 16.0. The molecule has 0 unspecified atom stereocenters. The molecule has 0 aliphatic heterocycles. The number of benzene rings is 2. The minimum absolute atomic E-state index is 0.0473. The molecule has 0 fully saturated rings. The molecule has 0 saturated carbocycles. The van der Waals surface area contributed by atoms with Crippen LogP contribution in [0.3, 0.4) is 0 Å². The second kappa shape index (κ2) is 12.2. The topological polar surface area (TPSA) is 87.4 Å². The van der Waals surface area contributed by atoms with E-state index >= 15 is 0 Å². The quantitative estimate of drug-likeness (QED) is 0.413. The van der Waals surface area contributed by atoms with E-state index in [1.54, 1.807) is 0 Å². The Labute approximate surface area is 166 Å². The van der Waals surface area contributed by atoms with E-state index in [2.05, 4.69) is 0 Å². The average molecular weight is 386 g/mol. The number of aliphatic hydroxyl groups excluding tert-OH is 4. The summed E-state index contributed by atoms with van der Waals surface area (Å²) in [6.45, 7) is 2.16. The molecule has 2 rings (SSSR count). The van der Waals surface area contributed by atoms with Crippen molar-refractivity contribution >= 4 is 23.5 Å². The summed E-state index contributed by atoms with van der Waals surface area (Å²) in [4.78, 5) is 3.88. The summed E-state index contributed by atoms with van der Waals surface area (Å²) in [5, 5.41) is 36.6. The number of anilines is 2. The van der Waals surface area contributed by atoms with Crippen molar-refractivity contribution in [1.29, 1.82) is 0 Å². The monoisotopic (exact) mass is 386 g/mol. The van der Waals surface area contributed by atoms with Crippen LogP contribution in [-0.2, 0) is 0 Å². The number of rotatable bonds is 12. The summed E-state index contributed by atoms with van der Waals surface area (Å²) in [5.74, 6) is 0. The predicted octanol–water partition coefficient (Wildman–Crippen LogP) is 1.44. The van der Waals surface area contributed by atoms with Crippen molar-refractivity contribution in [3.63, 3.8) is 0 Å². The fourth-order valence-corrected chi connectivity index (χ4v) is 3.01. The Bertz CT molecular complexity index is 628. The Morgan fingerprint density at radius 2 is 0.786 bits per heavy atom. The van der Waals surface area contributed by atoms with Gasteiger partial charge in [0.25, 0.3) is 0 Å². The first-order valence-corrected chi connectivity index (χ1v) is 9.53. The van der Waals surface area contributed by atoms with Gasteiger partial charge in [-0.25, -0.2) is 0 Å². The summed E-state index contributed by atoms with van der Waals surface area (Å²) >= 11 is 0. The zero-order valence-electron chi connectivity index (χ0n) is 16.1. The maximum absolute atomic E-state index is 9.14. The highest BCUT2D eigenvalue weighted by molar-refractivity contribution is 5.71. The lowest BCUT2D eigenvalue weighted by molar-refractivity contribution is 0.280. The molecule has 0 aromatic heterocycles. The molecule has 0 bridgehead atoms. The van der Waals surface area contributed by atoms with Gasteiger partial charge in [-0.05, 0) is 35.4 Å². The van der Waals surface area contributed by atoms with Crippen LogP contribution >= 0.6 is 0 Å². The normalized spacial score (nSPS) is 11.1. The third kappa shape index (κ3) is 6.65. The van der Waals surface area contributed by atoms with Crippen molar-refractivity contribution in [2.45, 2.75) is 0 Å². The van der Waals surface area contributed by atoms with Crippen molar-refractivity contribution < 1.29 is 20.4 Å². The van der Waals surface area contributed by atoms with Gasteiger partial charge < -0.3 is 30.2 Å². The molecule has 0 spiro atoms. The molecule has 2 aromatic rings. The number of nitrogens with zero attached hydrogens (tertiary/aromatic N) is 2. The van der Waals surface area contributed by atoms with E-state index in [0.717, 1.165) is 22.5 Å². The molecule has 0 atom stereocenters. The SMILES string of the molecule is OCCN(CCO)c1ccc(C=Cc2ccc(N(CCO)CCO)cc2)cc1. The standard InChI is InChI=1S/C22H30N2O4/c25-15-11-23(12-16-26)21-7-3-19(4-8-21)1-2-20-5-9-22(10-6-20)24(13-17-27)14-18-28/h1-10,25-28H,11-18H2. The Hall–Kier alpha value is -2.38. The molecule has 0 amide bonds. The molecule has 0 aliphatic carbocycles. The van der Waals surface area contributed by atoms with Crippen molar-refractivity contribution in [3.8, 4) is 0 Å². The van der Waals surface area contributed by atoms with Crippen LogP contribution in [0.2, 0.25) is 0 Å². The zero-order chi connectivity index (χ0) is 20.2. The molecule has 6 nitrogen and oxygen atoms in total. The minimum atomic E-state index is 0.0473. The van der Waals surface area contributed by atoms with Crippen LogP contribution in [-0.4, -0.2) is 73.0 Å². The fraction of sp³-hybridized carbons (Fsp3) is 0.364. The predicted molar refractivity (Wildman–Crippen MR) is 115 cm³/mol. The van der Waals surface area contributed by atoms with Crippen molar-refractivity contribution in [1.82, 2.24) is 0 Å². The Kier molecular flexibility index (Phi) is 9.51. The van der Waals surface area contributed by atoms with Gasteiger partial charge in [-0.1, -0.05) is 36.4 Å². The van der Waals surface area contributed by atoms with Crippen LogP contribution < -0.4 is 9.80 Å². The Balaban J connectivity index is 2.02. The third-order valence-corrected chi connectivity index (χ3v) is 4.46. The van der Waals surface area contributed by atoms with Gasteiger partial charge in [0, 0.05) is 37.6 Å². The first kappa shape index (κ1) is 21.9. The maximum Gasteiger partial charge on any atom is 0.0606 e. The maximum atomic E-state index is 9.14. The van der Waals surface area contributed by atoms with E-state index in [0.29, 0.717) is 26.2 Å². The molecule has 2 aromatic carbocycles. The highest BCUT2D eigenvalue weighted by atomic mass is 16.3. The smallest absolute Gasteiger partial charge is 0.0606 e. The molecular formula is C22H30N2O4. The molecular weight excluding hydrogens is 356 g/mol. The molecule has 0 saturated heterocycles. The van der Waals surface area contributed by atoms with Crippen LogP contribution in [0.5, 0.6) is 0 Å². The zero-order valence-corrected chi connectivity index (χ0v) is 16.1. The van der Waals surface area contributed by atoms with E-state index in [9.17, 15) is 0 Å². The molecule has 4 N–H and O–H groups in total. The molecule has 152 valence electrons. The highest BCUT2D eigenvalue weighted by Gasteiger charge is 2.05. The van der Waals surface area contributed by atoms with Crippen molar-refractivity contribution in [3.05, 3.63) is 59.7 Å². The van der Waals surface area contributed by atoms with Gasteiger partial charge in [0.15, 0.2) is 0 Å². The van der Waals surface area contributed by atoms with E-state index in [1.807, 2.05) is 70.5 Å². The summed E-state index contributed by atoms with van der Waals surface area (Å²) < 4.78 is 0. The first-order valence-electron chi connectivity index (χ1n) is 9.53. The van der Waals surface area contributed by atoms with Gasteiger partial charge in [0.2, 0.25) is 0 Å². The van der Waals surface area contributed by atoms with E-state index in [-0.39, 0.29) is 26.4 Å². The lowest BCUT2D eigenvalue weighted by Gasteiger charge is -2.23. The lowest BCUT2D eigenvalue weighted by Crippen LogP contribution is -2.29. The molecule has 0 radical (unpaired) electrons. The van der Waals surface area contributed by atoms with Crippen LogP contribution in [0.4, 0.5) is 11.4 Å². The van der Waals surface area contributed by atoms with E-state index in [4.69, 9.17) is 20.4 Å². The van der Waals surface area contributed by atoms with E-state index < -0.39 is 0 Å². The summed E-state index contributed by atoms with van der Waals surface area (Å²) in [6.07, 6.45) is 4.06. The van der Waals surface area contributed by atoms with Crippen LogP contribution in [0.15, 0.2) is 48.5 Å². The van der Waals surface area contributed by atoms with Crippen LogP contribution in [0.25, 0.3) is 12.2 Å². The second-order valence-electron chi connectivity index (χ2n) is 6.38. The Morgan fingerprint density at radius 3 is 1.04 bits per heavy atom. The molecule has 0 aliphatic rings. The second-order valence-corrected chi connectivity index (χ2v) is 6.38. The lowest BCUT2D eigenvalue weighted by atomic mass is 10.1. The van der Waals surface area contributed by atoms with Crippen molar-refractivity contribution in [2.75, 3.05) is 62.4 Å². The van der Waals surface area contributed by atoms with Crippen LogP contribution in [0.1, 0.15) is 11.1 Å². The van der Waals surface area contributed by atoms with Gasteiger partial charge >= 0.3 is 0 Å². The van der Waals surface area contributed by atoms with Gasteiger partial charge in [-0.3, -0.25) is 0 Å². The largest absolute Gasteiger partial charge is 0.395 e. The summed E-state index contributed by atoms with van der Waals surface area (Å²) in [7, 11) is 0. The Morgan fingerprint density at radius 1 is 0.500 bits per heavy atom. The molecule has 0 heterocycles.